The van der Waals surface area contributed by atoms with Crippen LogP contribution in [0.1, 0.15) is 50.5 Å². The van der Waals surface area contributed by atoms with E-state index in [2.05, 4.69) is 24.5 Å². The molecule has 22 heavy (non-hydrogen) atoms. The van der Waals surface area contributed by atoms with Crippen molar-refractivity contribution in [2.45, 2.75) is 53.6 Å². The number of rotatable bonds is 6. The number of hydrogen-bond donors (Lipinski definition) is 2. The molecule has 0 saturated carbocycles. The first-order valence-electron chi connectivity index (χ1n) is 7.90. The predicted octanol–water partition coefficient (Wildman–Crippen LogP) is 2.91. The molecule has 0 radical (unpaired) electrons. The van der Waals surface area contributed by atoms with E-state index >= 15 is 0 Å². The standard InChI is InChI=1S/C18H28N2O2/c1-11(2)14(6)19-18(22)16(12(3)4)20-17(21)15-9-7-13(5)8-10-15/h7-12,14,16H,1-6H3,(H,19,22)(H,20,21). The molecule has 0 aliphatic heterocycles. The second kappa shape index (κ2) is 7.97. The Kier molecular flexibility index (Phi) is 6.60. The van der Waals surface area contributed by atoms with Gasteiger partial charge < -0.3 is 10.6 Å². The molecular weight excluding hydrogens is 276 g/mol. The van der Waals surface area contributed by atoms with Crippen LogP contribution in [0.4, 0.5) is 0 Å². The largest absolute Gasteiger partial charge is 0.352 e. The highest BCUT2D eigenvalue weighted by Crippen LogP contribution is 2.08. The lowest BCUT2D eigenvalue weighted by molar-refractivity contribution is -0.124. The summed E-state index contributed by atoms with van der Waals surface area (Å²) in [4.78, 5) is 24.7. The van der Waals surface area contributed by atoms with Crippen LogP contribution in [0.25, 0.3) is 0 Å². The molecule has 1 aromatic carbocycles. The van der Waals surface area contributed by atoms with Gasteiger partial charge in [0.15, 0.2) is 0 Å². The second-order valence-electron chi connectivity index (χ2n) is 6.60. The normalized spacial score (nSPS) is 13.8. The van der Waals surface area contributed by atoms with Gasteiger partial charge in [-0.25, -0.2) is 0 Å². The van der Waals surface area contributed by atoms with Gasteiger partial charge in [-0.15, -0.1) is 0 Å². The van der Waals surface area contributed by atoms with Crippen molar-refractivity contribution >= 4 is 11.8 Å². The summed E-state index contributed by atoms with van der Waals surface area (Å²) in [5.41, 5.74) is 1.67. The molecule has 0 fully saturated rings. The number of nitrogens with one attached hydrogen (secondary N) is 2. The zero-order valence-electron chi connectivity index (χ0n) is 14.4. The minimum Gasteiger partial charge on any atom is -0.352 e. The van der Waals surface area contributed by atoms with E-state index in [9.17, 15) is 9.59 Å². The lowest BCUT2D eigenvalue weighted by Gasteiger charge is -2.25. The van der Waals surface area contributed by atoms with Gasteiger partial charge in [-0.2, -0.15) is 0 Å². The number of carbonyl (C=O) groups is 2. The summed E-state index contributed by atoms with van der Waals surface area (Å²) < 4.78 is 0. The van der Waals surface area contributed by atoms with Gasteiger partial charge in [0.2, 0.25) is 5.91 Å². The monoisotopic (exact) mass is 304 g/mol. The maximum Gasteiger partial charge on any atom is 0.251 e. The lowest BCUT2D eigenvalue weighted by atomic mass is 10.0. The topological polar surface area (TPSA) is 58.2 Å². The van der Waals surface area contributed by atoms with Gasteiger partial charge in [-0.1, -0.05) is 45.4 Å². The number of amides is 2. The fourth-order valence-electron chi connectivity index (χ4n) is 1.95. The molecule has 1 aromatic rings. The summed E-state index contributed by atoms with van der Waals surface area (Å²) in [5, 5.41) is 5.82. The van der Waals surface area contributed by atoms with Crippen molar-refractivity contribution < 1.29 is 9.59 Å². The van der Waals surface area contributed by atoms with E-state index in [1.807, 2.05) is 39.8 Å². The van der Waals surface area contributed by atoms with E-state index in [1.165, 1.54) is 0 Å². The van der Waals surface area contributed by atoms with Crippen molar-refractivity contribution in [2.24, 2.45) is 11.8 Å². The minimum atomic E-state index is -0.532. The van der Waals surface area contributed by atoms with Crippen LogP contribution < -0.4 is 10.6 Å². The van der Waals surface area contributed by atoms with Crippen molar-refractivity contribution in [3.63, 3.8) is 0 Å². The molecule has 2 N–H and O–H groups in total. The highest BCUT2D eigenvalue weighted by atomic mass is 16.2. The molecule has 1 rings (SSSR count). The van der Waals surface area contributed by atoms with Gasteiger partial charge >= 0.3 is 0 Å². The molecule has 2 unspecified atom stereocenters. The van der Waals surface area contributed by atoms with Gasteiger partial charge in [-0.05, 0) is 37.8 Å². The van der Waals surface area contributed by atoms with Crippen molar-refractivity contribution in [1.29, 1.82) is 0 Å². The maximum absolute atomic E-state index is 12.4. The average Bonchev–Trinajstić information content (AvgIpc) is 2.44. The Balaban J connectivity index is 2.77. The summed E-state index contributed by atoms with van der Waals surface area (Å²) >= 11 is 0. The van der Waals surface area contributed by atoms with Crippen molar-refractivity contribution in [2.75, 3.05) is 0 Å². The van der Waals surface area contributed by atoms with Gasteiger partial charge in [0.1, 0.15) is 6.04 Å². The number of aryl methyl sites for hydroxylation is 1. The highest BCUT2D eigenvalue weighted by molar-refractivity contribution is 5.97. The van der Waals surface area contributed by atoms with Crippen molar-refractivity contribution in [3.05, 3.63) is 35.4 Å². The summed E-state index contributed by atoms with van der Waals surface area (Å²) in [6.07, 6.45) is 0. The summed E-state index contributed by atoms with van der Waals surface area (Å²) in [5.74, 6) is 0.0287. The Morgan fingerprint density at radius 1 is 0.864 bits per heavy atom. The smallest absolute Gasteiger partial charge is 0.251 e. The van der Waals surface area contributed by atoms with Crippen LogP contribution in [-0.2, 0) is 4.79 Å². The van der Waals surface area contributed by atoms with Crippen LogP contribution in [0.3, 0.4) is 0 Å². The fraction of sp³-hybridized carbons (Fsp3) is 0.556. The van der Waals surface area contributed by atoms with Crippen molar-refractivity contribution in [3.8, 4) is 0 Å². The molecule has 0 saturated heterocycles. The molecule has 122 valence electrons. The molecule has 0 aliphatic carbocycles. The third-order valence-corrected chi connectivity index (χ3v) is 3.92. The van der Waals surface area contributed by atoms with E-state index < -0.39 is 6.04 Å². The lowest BCUT2D eigenvalue weighted by Crippen LogP contribution is -2.52. The quantitative estimate of drug-likeness (QED) is 0.849. The molecule has 4 nitrogen and oxygen atoms in total. The van der Waals surface area contributed by atoms with E-state index in [-0.39, 0.29) is 23.8 Å². The van der Waals surface area contributed by atoms with E-state index in [4.69, 9.17) is 0 Å². The molecule has 2 atom stereocenters. The first kappa shape index (κ1) is 18.2. The fourth-order valence-corrected chi connectivity index (χ4v) is 1.95. The molecule has 0 spiro atoms. The van der Waals surface area contributed by atoms with Crippen molar-refractivity contribution in [1.82, 2.24) is 10.6 Å². The Bertz CT molecular complexity index is 506. The number of hydrogen-bond acceptors (Lipinski definition) is 2. The Morgan fingerprint density at radius 2 is 1.41 bits per heavy atom. The van der Waals surface area contributed by atoms with Gasteiger partial charge in [-0.3, -0.25) is 9.59 Å². The van der Waals surface area contributed by atoms with Crippen LogP contribution in [-0.4, -0.2) is 23.9 Å². The summed E-state index contributed by atoms with van der Waals surface area (Å²) in [7, 11) is 0. The Hall–Kier alpha value is -1.84. The maximum atomic E-state index is 12.4. The van der Waals surface area contributed by atoms with Crippen LogP contribution in [0, 0.1) is 18.8 Å². The van der Waals surface area contributed by atoms with Gasteiger partial charge in [0, 0.05) is 11.6 Å². The molecule has 0 aliphatic rings. The SMILES string of the molecule is Cc1ccc(C(=O)NC(C(=O)NC(C)C(C)C)C(C)C)cc1. The molecule has 4 heteroatoms. The zero-order valence-corrected chi connectivity index (χ0v) is 14.4. The zero-order chi connectivity index (χ0) is 16.9. The van der Waals surface area contributed by atoms with E-state index in [0.717, 1.165) is 5.56 Å². The first-order chi connectivity index (χ1) is 10.2. The molecule has 0 aromatic heterocycles. The average molecular weight is 304 g/mol. The summed E-state index contributed by atoms with van der Waals surface area (Å²) in [6.45, 7) is 11.9. The second-order valence-corrected chi connectivity index (χ2v) is 6.60. The van der Waals surface area contributed by atoms with E-state index in [1.54, 1.807) is 12.1 Å². The Morgan fingerprint density at radius 3 is 1.86 bits per heavy atom. The van der Waals surface area contributed by atoms with Gasteiger partial charge in [0.05, 0.1) is 0 Å². The van der Waals surface area contributed by atoms with Crippen LogP contribution in [0.5, 0.6) is 0 Å². The highest BCUT2D eigenvalue weighted by Gasteiger charge is 2.26. The molecule has 0 heterocycles. The third-order valence-electron chi connectivity index (χ3n) is 3.92. The predicted molar refractivity (Wildman–Crippen MR) is 89.7 cm³/mol. The molecule has 0 bridgehead atoms. The van der Waals surface area contributed by atoms with Crippen LogP contribution in [0.15, 0.2) is 24.3 Å². The molecule has 2 amide bonds. The van der Waals surface area contributed by atoms with Gasteiger partial charge in [0.25, 0.3) is 5.91 Å². The van der Waals surface area contributed by atoms with E-state index in [0.29, 0.717) is 11.5 Å². The summed E-state index contributed by atoms with van der Waals surface area (Å²) in [6, 6.07) is 6.87. The number of carbonyl (C=O) groups excluding carboxylic acids is 2. The molecular formula is C18H28N2O2. The van der Waals surface area contributed by atoms with Crippen LogP contribution >= 0.6 is 0 Å². The van der Waals surface area contributed by atoms with Crippen LogP contribution in [0.2, 0.25) is 0 Å². The minimum absolute atomic E-state index is 0.0220. The first-order valence-corrected chi connectivity index (χ1v) is 7.90. The Labute approximate surface area is 133 Å². The number of benzene rings is 1. The third kappa shape index (κ3) is 5.17.